The standard InChI is InChI=1S/C22H27NO6S/c1-13(2)23-30(26,27)20-11-17(7-8-19(20)28-6)22(25)29-12-18(24)21-15(4)9-14(3)10-16(21)5/h7-11,13,23H,12H2,1-6H3. The highest BCUT2D eigenvalue weighted by molar-refractivity contribution is 7.89. The second kappa shape index (κ2) is 9.40. The van der Waals surface area contributed by atoms with E-state index in [9.17, 15) is 18.0 Å². The molecule has 7 nitrogen and oxygen atoms in total. The monoisotopic (exact) mass is 433 g/mol. The number of sulfonamides is 1. The van der Waals surface area contributed by atoms with Crippen molar-refractivity contribution in [3.8, 4) is 5.75 Å². The summed E-state index contributed by atoms with van der Waals surface area (Å²) in [5.74, 6) is -1.02. The third-order valence-corrected chi connectivity index (χ3v) is 6.05. The van der Waals surface area contributed by atoms with Crippen molar-refractivity contribution in [2.75, 3.05) is 13.7 Å². The Hall–Kier alpha value is -2.71. The lowest BCUT2D eigenvalue weighted by Gasteiger charge is -2.14. The van der Waals surface area contributed by atoms with Crippen molar-refractivity contribution in [3.05, 3.63) is 58.1 Å². The topological polar surface area (TPSA) is 98.8 Å². The molecule has 0 fully saturated rings. The van der Waals surface area contributed by atoms with Crippen LogP contribution < -0.4 is 9.46 Å². The Bertz CT molecular complexity index is 1050. The number of carbonyl (C=O) groups excluding carboxylic acids is 2. The fraction of sp³-hybridized carbons (Fsp3) is 0.364. The van der Waals surface area contributed by atoms with Crippen molar-refractivity contribution >= 4 is 21.8 Å². The van der Waals surface area contributed by atoms with Gasteiger partial charge in [0.2, 0.25) is 15.8 Å². The summed E-state index contributed by atoms with van der Waals surface area (Å²) in [6, 6.07) is 7.39. The zero-order valence-electron chi connectivity index (χ0n) is 18.0. The molecular formula is C22H27NO6S. The van der Waals surface area contributed by atoms with Crippen LogP contribution in [0.4, 0.5) is 0 Å². The molecule has 162 valence electrons. The molecule has 0 aliphatic carbocycles. The van der Waals surface area contributed by atoms with E-state index in [0.29, 0.717) is 5.56 Å². The van der Waals surface area contributed by atoms with Crippen molar-refractivity contribution in [2.45, 2.75) is 45.6 Å². The third kappa shape index (κ3) is 5.46. The fourth-order valence-electron chi connectivity index (χ4n) is 3.29. The summed E-state index contributed by atoms with van der Waals surface area (Å²) in [4.78, 5) is 24.9. The molecule has 30 heavy (non-hydrogen) atoms. The quantitative estimate of drug-likeness (QED) is 0.506. The second-order valence-corrected chi connectivity index (χ2v) is 9.10. The Morgan fingerprint density at radius 1 is 1.03 bits per heavy atom. The van der Waals surface area contributed by atoms with Gasteiger partial charge in [0.05, 0.1) is 12.7 Å². The summed E-state index contributed by atoms with van der Waals surface area (Å²) >= 11 is 0. The second-order valence-electron chi connectivity index (χ2n) is 7.41. The first-order chi connectivity index (χ1) is 14.0. The molecule has 0 saturated heterocycles. The zero-order valence-corrected chi connectivity index (χ0v) is 18.8. The molecule has 0 bridgehead atoms. The Kier molecular flexibility index (Phi) is 7.39. The van der Waals surface area contributed by atoms with Crippen molar-refractivity contribution in [1.82, 2.24) is 4.72 Å². The maximum atomic E-state index is 12.6. The minimum absolute atomic E-state index is 0.00470. The first-order valence-electron chi connectivity index (χ1n) is 9.44. The smallest absolute Gasteiger partial charge is 0.338 e. The normalized spacial score (nSPS) is 11.4. The molecule has 1 N–H and O–H groups in total. The maximum absolute atomic E-state index is 12.6. The molecule has 0 atom stereocenters. The van der Waals surface area contributed by atoms with Crippen LogP contribution in [0.15, 0.2) is 35.2 Å². The minimum Gasteiger partial charge on any atom is -0.495 e. The van der Waals surface area contributed by atoms with E-state index in [2.05, 4.69) is 4.72 Å². The highest BCUT2D eigenvalue weighted by atomic mass is 32.2. The number of aryl methyl sites for hydroxylation is 3. The van der Waals surface area contributed by atoms with Crippen LogP contribution in [0.3, 0.4) is 0 Å². The molecular weight excluding hydrogens is 406 g/mol. The molecule has 0 spiro atoms. The van der Waals surface area contributed by atoms with Gasteiger partial charge in [0.25, 0.3) is 0 Å². The van der Waals surface area contributed by atoms with Gasteiger partial charge in [-0.3, -0.25) is 4.79 Å². The first kappa shape index (κ1) is 23.6. The van der Waals surface area contributed by atoms with Crippen LogP contribution in [0.25, 0.3) is 0 Å². The number of esters is 1. The average molecular weight is 434 g/mol. The van der Waals surface area contributed by atoms with Crippen molar-refractivity contribution < 1.29 is 27.5 Å². The zero-order chi connectivity index (χ0) is 22.6. The predicted octanol–water partition coefficient (Wildman–Crippen LogP) is 3.35. The largest absolute Gasteiger partial charge is 0.495 e. The van der Waals surface area contributed by atoms with Gasteiger partial charge in [-0.05, 0) is 63.9 Å². The van der Waals surface area contributed by atoms with Gasteiger partial charge in [-0.1, -0.05) is 17.7 Å². The van der Waals surface area contributed by atoms with E-state index in [1.165, 1.54) is 25.3 Å². The number of hydrogen-bond acceptors (Lipinski definition) is 6. The summed E-state index contributed by atoms with van der Waals surface area (Å²) in [5.41, 5.74) is 3.19. The summed E-state index contributed by atoms with van der Waals surface area (Å²) in [6.45, 7) is 8.53. The van der Waals surface area contributed by atoms with Gasteiger partial charge < -0.3 is 9.47 Å². The van der Waals surface area contributed by atoms with Gasteiger partial charge in [0.15, 0.2) is 6.61 Å². The van der Waals surface area contributed by atoms with E-state index in [0.717, 1.165) is 16.7 Å². The summed E-state index contributed by atoms with van der Waals surface area (Å²) in [6.07, 6.45) is 0. The van der Waals surface area contributed by atoms with Gasteiger partial charge >= 0.3 is 5.97 Å². The van der Waals surface area contributed by atoms with Crippen LogP contribution in [0.1, 0.15) is 51.3 Å². The lowest BCUT2D eigenvalue weighted by molar-refractivity contribution is 0.0474. The number of ketones is 1. The average Bonchev–Trinajstić information content (AvgIpc) is 2.63. The molecule has 2 aromatic rings. The van der Waals surface area contributed by atoms with E-state index in [4.69, 9.17) is 9.47 Å². The number of rotatable bonds is 8. The SMILES string of the molecule is COc1ccc(C(=O)OCC(=O)c2c(C)cc(C)cc2C)cc1S(=O)(=O)NC(C)C. The van der Waals surface area contributed by atoms with Gasteiger partial charge in [-0.25, -0.2) is 17.9 Å². The van der Waals surface area contributed by atoms with Crippen LogP contribution >= 0.6 is 0 Å². The lowest BCUT2D eigenvalue weighted by atomic mass is 9.97. The molecule has 0 radical (unpaired) electrons. The maximum Gasteiger partial charge on any atom is 0.338 e. The minimum atomic E-state index is -3.90. The highest BCUT2D eigenvalue weighted by Crippen LogP contribution is 2.25. The van der Waals surface area contributed by atoms with Crippen LogP contribution in [-0.2, 0) is 14.8 Å². The summed E-state index contributed by atoms with van der Waals surface area (Å²) in [7, 11) is -2.56. The van der Waals surface area contributed by atoms with Crippen molar-refractivity contribution in [3.63, 3.8) is 0 Å². The van der Waals surface area contributed by atoms with Crippen LogP contribution in [0, 0.1) is 20.8 Å². The molecule has 8 heteroatoms. The number of ether oxygens (including phenoxy) is 2. The lowest BCUT2D eigenvalue weighted by Crippen LogP contribution is -2.30. The molecule has 0 unspecified atom stereocenters. The third-order valence-electron chi connectivity index (χ3n) is 4.37. The molecule has 0 amide bonds. The van der Waals surface area contributed by atoms with E-state index in [1.807, 2.05) is 32.9 Å². The number of Topliss-reactive ketones (excluding diaryl/α,β-unsaturated/α-hetero) is 1. The fourth-order valence-corrected chi connectivity index (χ4v) is 4.74. The van der Waals surface area contributed by atoms with Gasteiger partial charge in [-0.15, -0.1) is 0 Å². The Morgan fingerprint density at radius 3 is 2.17 bits per heavy atom. The van der Waals surface area contributed by atoms with Crippen molar-refractivity contribution in [1.29, 1.82) is 0 Å². The van der Waals surface area contributed by atoms with Gasteiger partial charge in [0, 0.05) is 11.6 Å². The molecule has 0 heterocycles. The van der Waals surface area contributed by atoms with Crippen LogP contribution in [0.5, 0.6) is 5.75 Å². The Balaban J connectivity index is 2.24. The highest BCUT2D eigenvalue weighted by Gasteiger charge is 2.23. The van der Waals surface area contributed by atoms with E-state index < -0.39 is 22.6 Å². The number of carbonyl (C=O) groups is 2. The van der Waals surface area contributed by atoms with Crippen LogP contribution in [-0.4, -0.2) is 39.9 Å². The van der Waals surface area contributed by atoms with E-state index in [-0.39, 0.29) is 28.0 Å². The summed E-state index contributed by atoms with van der Waals surface area (Å²) < 4.78 is 37.8. The first-order valence-corrected chi connectivity index (χ1v) is 10.9. The molecule has 0 aromatic heterocycles. The molecule has 0 saturated carbocycles. The number of nitrogens with one attached hydrogen (secondary N) is 1. The van der Waals surface area contributed by atoms with Gasteiger partial charge in [0.1, 0.15) is 10.6 Å². The molecule has 0 aliphatic heterocycles. The van der Waals surface area contributed by atoms with Crippen molar-refractivity contribution in [2.24, 2.45) is 0 Å². The van der Waals surface area contributed by atoms with Crippen LogP contribution in [0.2, 0.25) is 0 Å². The number of methoxy groups -OCH3 is 1. The van der Waals surface area contributed by atoms with E-state index in [1.54, 1.807) is 13.8 Å². The van der Waals surface area contributed by atoms with E-state index >= 15 is 0 Å². The molecule has 2 rings (SSSR count). The number of hydrogen-bond donors (Lipinski definition) is 1. The number of benzene rings is 2. The summed E-state index contributed by atoms with van der Waals surface area (Å²) in [5, 5.41) is 0. The Labute approximate surface area is 177 Å². The Morgan fingerprint density at radius 2 is 1.63 bits per heavy atom. The molecule has 0 aliphatic rings. The molecule has 2 aromatic carbocycles. The predicted molar refractivity (Wildman–Crippen MR) is 114 cm³/mol. The van der Waals surface area contributed by atoms with Gasteiger partial charge in [-0.2, -0.15) is 0 Å².